The number of carbonyl (C=O) groups is 2. The van der Waals surface area contributed by atoms with Crippen LogP contribution < -0.4 is 10.1 Å². The van der Waals surface area contributed by atoms with Gasteiger partial charge < -0.3 is 15.2 Å². The second-order valence-electron chi connectivity index (χ2n) is 4.28. The number of rotatable bonds is 3. The molecule has 5 heteroatoms. The fraction of sp³-hybridized carbons (Fsp3) is 0.385. The SMILES string of the molecule is COc1ccc2c(c1)C(CC(=O)O)NC(=O)CC2. The first kappa shape index (κ1) is 12.4. The molecule has 1 heterocycles. The number of ether oxygens (including phenoxy) is 1. The third kappa shape index (κ3) is 2.61. The number of carboxylic acids is 1. The maximum Gasteiger partial charge on any atom is 0.305 e. The van der Waals surface area contributed by atoms with E-state index >= 15 is 0 Å². The van der Waals surface area contributed by atoms with E-state index in [0.717, 1.165) is 11.1 Å². The van der Waals surface area contributed by atoms with E-state index in [0.29, 0.717) is 18.6 Å². The number of fused-ring (bicyclic) bond motifs is 1. The van der Waals surface area contributed by atoms with Gasteiger partial charge in [0.15, 0.2) is 0 Å². The van der Waals surface area contributed by atoms with Gasteiger partial charge in [-0.2, -0.15) is 0 Å². The fourth-order valence-corrected chi connectivity index (χ4v) is 2.18. The Labute approximate surface area is 105 Å². The molecule has 0 aliphatic carbocycles. The number of aryl methyl sites for hydroxylation is 1. The van der Waals surface area contributed by atoms with Gasteiger partial charge in [0.2, 0.25) is 5.91 Å². The van der Waals surface area contributed by atoms with Crippen molar-refractivity contribution in [2.75, 3.05) is 7.11 Å². The van der Waals surface area contributed by atoms with Crippen LogP contribution >= 0.6 is 0 Å². The minimum atomic E-state index is -0.934. The topological polar surface area (TPSA) is 75.6 Å². The van der Waals surface area contributed by atoms with Crippen LogP contribution in [0.3, 0.4) is 0 Å². The van der Waals surface area contributed by atoms with Crippen molar-refractivity contribution in [3.05, 3.63) is 29.3 Å². The normalized spacial score (nSPS) is 18.5. The minimum Gasteiger partial charge on any atom is -0.497 e. The molecule has 0 spiro atoms. The van der Waals surface area contributed by atoms with E-state index in [-0.39, 0.29) is 12.3 Å². The molecule has 5 nitrogen and oxygen atoms in total. The molecule has 0 bridgehead atoms. The molecule has 2 N–H and O–H groups in total. The van der Waals surface area contributed by atoms with Gasteiger partial charge >= 0.3 is 5.97 Å². The third-order valence-electron chi connectivity index (χ3n) is 3.06. The van der Waals surface area contributed by atoms with Gasteiger partial charge in [0.25, 0.3) is 0 Å². The Bertz CT molecular complexity index is 484. The zero-order valence-corrected chi connectivity index (χ0v) is 10.1. The van der Waals surface area contributed by atoms with Crippen molar-refractivity contribution < 1.29 is 19.4 Å². The lowest BCUT2D eigenvalue weighted by Gasteiger charge is -2.17. The Morgan fingerprint density at radius 2 is 2.28 bits per heavy atom. The van der Waals surface area contributed by atoms with Crippen LogP contribution in [0.2, 0.25) is 0 Å². The Balaban J connectivity index is 2.40. The molecule has 1 aliphatic rings. The Morgan fingerprint density at radius 3 is 2.94 bits per heavy atom. The van der Waals surface area contributed by atoms with E-state index in [4.69, 9.17) is 9.84 Å². The van der Waals surface area contributed by atoms with Gasteiger partial charge in [0.05, 0.1) is 19.6 Å². The van der Waals surface area contributed by atoms with Crippen molar-refractivity contribution in [3.8, 4) is 5.75 Å². The maximum absolute atomic E-state index is 11.6. The van der Waals surface area contributed by atoms with E-state index in [1.165, 1.54) is 0 Å². The number of aliphatic carboxylic acids is 1. The summed E-state index contributed by atoms with van der Waals surface area (Å²) in [7, 11) is 1.56. The van der Waals surface area contributed by atoms with Gasteiger partial charge in [-0.15, -0.1) is 0 Å². The predicted molar refractivity (Wildman–Crippen MR) is 64.5 cm³/mol. The van der Waals surface area contributed by atoms with Crippen LogP contribution in [-0.4, -0.2) is 24.1 Å². The summed E-state index contributed by atoms with van der Waals surface area (Å²) < 4.78 is 5.14. The summed E-state index contributed by atoms with van der Waals surface area (Å²) in [6.45, 7) is 0. The monoisotopic (exact) mass is 249 g/mol. The molecule has 1 aromatic rings. The molecular formula is C13H15NO4. The van der Waals surface area contributed by atoms with E-state index in [9.17, 15) is 9.59 Å². The minimum absolute atomic E-state index is 0.114. The summed E-state index contributed by atoms with van der Waals surface area (Å²) in [6.07, 6.45) is 0.892. The van der Waals surface area contributed by atoms with Gasteiger partial charge in [0, 0.05) is 6.42 Å². The average molecular weight is 249 g/mol. The Morgan fingerprint density at radius 1 is 1.50 bits per heavy atom. The molecule has 1 unspecified atom stereocenters. The van der Waals surface area contributed by atoms with Crippen LogP contribution in [0.25, 0.3) is 0 Å². The summed E-state index contributed by atoms with van der Waals surface area (Å²) in [5.74, 6) is -0.382. The number of hydrogen-bond acceptors (Lipinski definition) is 3. The molecule has 96 valence electrons. The van der Waals surface area contributed by atoms with Crippen molar-refractivity contribution in [1.82, 2.24) is 5.32 Å². The number of methoxy groups -OCH3 is 1. The fourth-order valence-electron chi connectivity index (χ4n) is 2.18. The molecular weight excluding hydrogens is 234 g/mol. The summed E-state index contributed by atoms with van der Waals surface area (Å²) >= 11 is 0. The first-order valence-electron chi connectivity index (χ1n) is 5.78. The molecule has 0 saturated carbocycles. The lowest BCUT2D eigenvalue weighted by Crippen LogP contribution is -2.28. The lowest BCUT2D eigenvalue weighted by molar-refractivity contribution is -0.137. The molecule has 0 aromatic heterocycles. The summed E-state index contributed by atoms with van der Waals surface area (Å²) in [5, 5.41) is 11.7. The number of amides is 1. The summed E-state index contributed by atoms with van der Waals surface area (Å²) in [5.41, 5.74) is 1.84. The van der Waals surface area contributed by atoms with Crippen molar-refractivity contribution in [3.63, 3.8) is 0 Å². The molecule has 1 aromatic carbocycles. The molecule has 1 atom stereocenters. The predicted octanol–water partition coefficient (Wildman–Crippen LogP) is 1.27. The lowest BCUT2D eigenvalue weighted by atomic mass is 9.97. The van der Waals surface area contributed by atoms with E-state index in [1.54, 1.807) is 13.2 Å². The van der Waals surface area contributed by atoms with Crippen LogP contribution in [0, 0.1) is 0 Å². The standard InChI is InChI=1S/C13H15NO4/c1-18-9-4-2-8-3-5-12(15)14-11(7-13(16)17)10(8)6-9/h2,4,6,11H,3,5,7H2,1H3,(H,14,15)(H,16,17). The van der Waals surface area contributed by atoms with E-state index in [2.05, 4.69) is 5.32 Å². The van der Waals surface area contributed by atoms with Crippen molar-refractivity contribution in [1.29, 1.82) is 0 Å². The number of nitrogens with one attached hydrogen (secondary N) is 1. The zero-order valence-electron chi connectivity index (χ0n) is 10.1. The van der Waals surface area contributed by atoms with Crippen molar-refractivity contribution in [2.24, 2.45) is 0 Å². The van der Waals surface area contributed by atoms with Crippen LogP contribution in [0.15, 0.2) is 18.2 Å². The number of carbonyl (C=O) groups excluding carboxylic acids is 1. The highest BCUT2D eigenvalue weighted by atomic mass is 16.5. The zero-order chi connectivity index (χ0) is 13.1. The van der Waals surface area contributed by atoms with Gasteiger partial charge in [-0.3, -0.25) is 9.59 Å². The Hall–Kier alpha value is -2.04. The average Bonchev–Trinajstić information content (AvgIpc) is 2.48. The van der Waals surface area contributed by atoms with Crippen molar-refractivity contribution >= 4 is 11.9 Å². The quantitative estimate of drug-likeness (QED) is 0.846. The number of benzene rings is 1. The number of carboxylic acid groups (broad SMARTS) is 1. The van der Waals surface area contributed by atoms with E-state index in [1.807, 2.05) is 12.1 Å². The highest BCUT2D eigenvalue weighted by Crippen LogP contribution is 2.29. The van der Waals surface area contributed by atoms with Crippen LogP contribution in [0.1, 0.15) is 30.0 Å². The summed E-state index contributed by atoms with van der Waals surface area (Å²) in [4.78, 5) is 22.4. The second kappa shape index (κ2) is 5.08. The first-order chi connectivity index (χ1) is 8.60. The smallest absolute Gasteiger partial charge is 0.305 e. The third-order valence-corrected chi connectivity index (χ3v) is 3.06. The van der Waals surface area contributed by atoms with Gasteiger partial charge in [-0.1, -0.05) is 6.07 Å². The number of hydrogen-bond donors (Lipinski definition) is 2. The van der Waals surface area contributed by atoms with Crippen LogP contribution in [0.5, 0.6) is 5.75 Å². The van der Waals surface area contributed by atoms with Crippen molar-refractivity contribution in [2.45, 2.75) is 25.3 Å². The molecule has 0 saturated heterocycles. The van der Waals surface area contributed by atoms with Crippen LogP contribution in [-0.2, 0) is 16.0 Å². The molecule has 0 fully saturated rings. The molecule has 18 heavy (non-hydrogen) atoms. The highest BCUT2D eigenvalue weighted by molar-refractivity contribution is 5.79. The molecule has 1 aliphatic heterocycles. The molecule has 2 rings (SSSR count). The van der Waals surface area contributed by atoms with Gasteiger partial charge in [-0.05, 0) is 29.7 Å². The molecule has 0 radical (unpaired) electrons. The largest absolute Gasteiger partial charge is 0.497 e. The van der Waals surface area contributed by atoms with E-state index < -0.39 is 12.0 Å². The first-order valence-corrected chi connectivity index (χ1v) is 5.78. The van der Waals surface area contributed by atoms with Gasteiger partial charge in [0.1, 0.15) is 5.75 Å². The van der Waals surface area contributed by atoms with Gasteiger partial charge in [-0.25, -0.2) is 0 Å². The molecule has 1 amide bonds. The van der Waals surface area contributed by atoms with Crippen LogP contribution in [0.4, 0.5) is 0 Å². The Kier molecular flexibility index (Phi) is 3.50. The maximum atomic E-state index is 11.6. The summed E-state index contributed by atoms with van der Waals surface area (Å²) in [6, 6.07) is 5.03. The highest BCUT2D eigenvalue weighted by Gasteiger charge is 2.24. The second-order valence-corrected chi connectivity index (χ2v) is 4.28.